The number of rotatable bonds is 8. The number of hydrogen-bond donors (Lipinski definition) is 1. The predicted molar refractivity (Wildman–Crippen MR) is 73.9 cm³/mol. The van der Waals surface area contributed by atoms with Gasteiger partial charge in [0.05, 0.1) is 0 Å². The summed E-state index contributed by atoms with van der Waals surface area (Å²) in [6.45, 7) is 11.3. The van der Waals surface area contributed by atoms with Crippen molar-refractivity contribution in [3.8, 4) is 5.75 Å². The van der Waals surface area contributed by atoms with Gasteiger partial charge in [0.2, 0.25) is 0 Å². The topological polar surface area (TPSA) is 24.5 Å². The smallest absolute Gasteiger partial charge is 0.119 e. The average Bonchev–Trinajstić information content (AvgIpc) is 2.37. The van der Waals surface area contributed by atoms with Gasteiger partial charge in [0.1, 0.15) is 12.4 Å². The molecule has 0 saturated carbocycles. The Kier molecular flexibility index (Phi) is 6.48. The molecule has 0 aliphatic heterocycles. The van der Waals surface area contributed by atoms with Gasteiger partial charge >= 0.3 is 0 Å². The monoisotopic (exact) mass is 236 g/mol. The first-order valence-corrected chi connectivity index (χ1v) is 6.49. The van der Waals surface area contributed by atoms with E-state index in [1.807, 2.05) is 12.1 Å². The molecule has 1 N–H and O–H groups in total. The van der Waals surface area contributed by atoms with Gasteiger partial charge in [-0.15, -0.1) is 0 Å². The molecule has 1 aromatic carbocycles. The van der Waals surface area contributed by atoms with Crippen LogP contribution in [0.15, 0.2) is 24.3 Å². The van der Waals surface area contributed by atoms with Crippen LogP contribution in [0.5, 0.6) is 5.75 Å². The molecule has 0 aliphatic carbocycles. The largest absolute Gasteiger partial charge is 0.492 e. The fourth-order valence-electron chi connectivity index (χ4n) is 1.71. The number of ether oxygens (including phenoxy) is 1. The third-order valence-electron chi connectivity index (χ3n) is 2.81. The van der Waals surface area contributed by atoms with Crippen molar-refractivity contribution in [1.29, 1.82) is 0 Å². The summed E-state index contributed by atoms with van der Waals surface area (Å²) in [5, 5.41) is 3.26. The van der Waals surface area contributed by atoms with Crippen molar-refractivity contribution in [3.63, 3.8) is 0 Å². The minimum atomic E-state index is 0.752. The van der Waals surface area contributed by atoms with Gasteiger partial charge in [-0.05, 0) is 44.3 Å². The summed E-state index contributed by atoms with van der Waals surface area (Å²) in [5.74, 6) is 0.943. The van der Waals surface area contributed by atoms with Crippen LogP contribution in [0.4, 0.5) is 5.69 Å². The maximum Gasteiger partial charge on any atom is 0.119 e. The summed E-state index contributed by atoms with van der Waals surface area (Å²) in [6, 6.07) is 8.13. The van der Waals surface area contributed by atoms with Crippen LogP contribution in [0.2, 0.25) is 0 Å². The van der Waals surface area contributed by atoms with E-state index in [-0.39, 0.29) is 0 Å². The van der Waals surface area contributed by atoms with Crippen LogP contribution in [-0.4, -0.2) is 37.7 Å². The Balaban J connectivity index is 2.31. The minimum absolute atomic E-state index is 0.752. The molecule has 0 radical (unpaired) electrons. The average molecular weight is 236 g/mol. The van der Waals surface area contributed by atoms with Crippen LogP contribution in [0.25, 0.3) is 0 Å². The van der Waals surface area contributed by atoms with Gasteiger partial charge in [-0.3, -0.25) is 0 Å². The third kappa shape index (κ3) is 5.09. The highest BCUT2D eigenvalue weighted by molar-refractivity contribution is 5.46. The molecule has 0 heterocycles. The van der Waals surface area contributed by atoms with Crippen molar-refractivity contribution in [2.45, 2.75) is 20.8 Å². The van der Waals surface area contributed by atoms with Gasteiger partial charge in [0, 0.05) is 18.8 Å². The summed E-state index contributed by atoms with van der Waals surface area (Å²) in [4.78, 5) is 2.35. The first kappa shape index (κ1) is 13.8. The number of hydrogen-bond acceptors (Lipinski definition) is 3. The van der Waals surface area contributed by atoms with Crippen LogP contribution in [0.1, 0.15) is 20.8 Å². The molecule has 0 atom stereocenters. The van der Waals surface area contributed by atoms with Crippen molar-refractivity contribution in [2.24, 2.45) is 0 Å². The lowest BCUT2D eigenvalue weighted by Gasteiger charge is -2.18. The minimum Gasteiger partial charge on any atom is -0.492 e. The first-order valence-electron chi connectivity index (χ1n) is 6.49. The normalized spacial score (nSPS) is 10.6. The second-order valence-corrected chi connectivity index (χ2v) is 3.93. The van der Waals surface area contributed by atoms with Crippen LogP contribution >= 0.6 is 0 Å². The zero-order valence-electron chi connectivity index (χ0n) is 11.2. The summed E-state index contributed by atoms with van der Waals surface area (Å²) in [5.41, 5.74) is 1.14. The highest BCUT2D eigenvalue weighted by Crippen LogP contribution is 2.15. The zero-order chi connectivity index (χ0) is 12.5. The Morgan fingerprint density at radius 2 is 1.71 bits per heavy atom. The van der Waals surface area contributed by atoms with Gasteiger partial charge < -0.3 is 15.0 Å². The molecule has 0 fully saturated rings. The van der Waals surface area contributed by atoms with Crippen LogP contribution in [0.3, 0.4) is 0 Å². The molecule has 3 heteroatoms. The Morgan fingerprint density at radius 1 is 1.06 bits per heavy atom. The lowest BCUT2D eigenvalue weighted by atomic mass is 10.3. The van der Waals surface area contributed by atoms with E-state index in [1.54, 1.807) is 0 Å². The highest BCUT2D eigenvalue weighted by Gasteiger charge is 1.99. The molecule has 0 aliphatic rings. The van der Waals surface area contributed by atoms with Crippen LogP contribution in [0, 0.1) is 0 Å². The van der Waals surface area contributed by atoms with Crippen molar-refractivity contribution >= 4 is 5.69 Å². The lowest BCUT2D eigenvalue weighted by Crippen LogP contribution is -2.27. The standard InChI is InChI=1S/C14H24N2O/c1-4-15-13-7-9-14(10-8-13)17-12-11-16(5-2)6-3/h7-10,15H,4-6,11-12H2,1-3H3. The van der Waals surface area contributed by atoms with Crippen molar-refractivity contribution in [1.82, 2.24) is 4.90 Å². The lowest BCUT2D eigenvalue weighted by molar-refractivity contribution is 0.223. The SMILES string of the molecule is CCNc1ccc(OCCN(CC)CC)cc1. The fourth-order valence-corrected chi connectivity index (χ4v) is 1.71. The molecule has 96 valence electrons. The molecule has 0 spiro atoms. The molecule has 0 aromatic heterocycles. The Morgan fingerprint density at radius 3 is 2.24 bits per heavy atom. The number of likely N-dealkylation sites (N-methyl/N-ethyl adjacent to an activating group) is 1. The highest BCUT2D eigenvalue weighted by atomic mass is 16.5. The Hall–Kier alpha value is -1.22. The summed E-state index contributed by atoms with van der Waals surface area (Å²) in [7, 11) is 0. The summed E-state index contributed by atoms with van der Waals surface area (Å²) >= 11 is 0. The molecule has 1 aromatic rings. The van der Waals surface area contributed by atoms with E-state index in [2.05, 4.69) is 43.1 Å². The molecule has 0 saturated heterocycles. The van der Waals surface area contributed by atoms with E-state index in [1.165, 1.54) is 0 Å². The number of anilines is 1. The number of benzene rings is 1. The first-order chi connectivity index (χ1) is 8.30. The van der Waals surface area contributed by atoms with E-state index in [9.17, 15) is 0 Å². The van der Waals surface area contributed by atoms with E-state index in [4.69, 9.17) is 4.74 Å². The molecule has 0 amide bonds. The Labute approximate surface area is 105 Å². The van der Waals surface area contributed by atoms with Crippen molar-refractivity contribution in [3.05, 3.63) is 24.3 Å². The van der Waals surface area contributed by atoms with E-state index in [0.717, 1.165) is 44.2 Å². The third-order valence-corrected chi connectivity index (χ3v) is 2.81. The summed E-state index contributed by atoms with van der Waals surface area (Å²) < 4.78 is 5.70. The molecule has 3 nitrogen and oxygen atoms in total. The molecule has 1 rings (SSSR count). The van der Waals surface area contributed by atoms with Crippen molar-refractivity contribution in [2.75, 3.05) is 38.1 Å². The quantitative estimate of drug-likeness (QED) is 0.751. The number of nitrogens with zero attached hydrogens (tertiary/aromatic N) is 1. The fraction of sp³-hybridized carbons (Fsp3) is 0.571. The van der Waals surface area contributed by atoms with Gasteiger partial charge in [-0.1, -0.05) is 13.8 Å². The predicted octanol–water partition coefficient (Wildman–Crippen LogP) is 2.84. The summed E-state index contributed by atoms with van der Waals surface area (Å²) in [6.07, 6.45) is 0. The van der Waals surface area contributed by atoms with Gasteiger partial charge in [-0.25, -0.2) is 0 Å². The second kappa shape index (κ2) is 7.96. The molecule has 17 heavy (non-hydrogen) atoms. The zero-order valence-corrected chi connectivity index (χ0v) is 11.2. The van der Waals surface area contributed by atoms with E-state index < -0.39 is 0 Å². The van der Waals surface area contributed by atoms with Gasteiger partial charge in [0.25, 0.3) is 0 Å². The molecular weight excluding hydrogens is 212 g/mol. The maximum atomic E-state index is 5.70. The second-order valence-electron chi connectivity index (χ2n) is 3.93. The van der Waals surface area contributed by atoms with E-state index in [0.29, 0.717) is 0 Å². The molecule has 0 unspecified atom stereocenters. The molecule has 0 bridgehead atoms. The van der Waals surface area contributed by atoms with Crippen LogP contribution < -0.4 is 10.1 Å². The Bertz CT molecular complexity index is 294. The maximum absolute atomic E-state index is 5.70. The van der Waals surface area contributed by atoms with E-state index >= 15 is 0 Å². The van der Waals surface area contributed by atoms with Crippen LogP contribution in [-0.2, 0) is 0 Å². The van der Waals surface area contributed by atoms with Gasteiger partial charge in [-0.2, -0.15) is 0 Å². The van der Waals surface area contributed by atoms with Gasteiger partial charge in [0.15, 0.2) is 0 Å². The molecular formula is C14H24N2O. The van der Waals surface area contributed by atoms with Crippen molar-refractivity contribution < 1.29 is 4.74 Å². The number of nitrogens with one attached hydrogen (secondary N) is 1.